The molecule has 0 saturated carbocycles. The van der Waals surface area contributed by atoms with Crippen LogP contribution in [0.1, 0.15) is 12.5 Å². The van der Waals surface area contributed by atoms with Gasteiger partial charge in [-0.25, -0.2) is 0 Å². The maximum absolute atomic E-state index is 11.8. The van der Waals surface area contributed by atoms with E-state index in [0.29, 0.717) is 13.0 Å². The van der Waals surface area contributed by atoms with Gasteiger partial charge in [0, 0.05) is 13.1 Å². The van der Waals surface area contributed by atoms with Crippen molar-refractivity contribution in [2.75, 3.05) is 19.6 Å². The molecule has 0 fully saturated rings. The lowest BCUT2D eigenvalue weighted by molar-refractivity contribution is -0.120. The minimum Gasteiger partial charge on any atom is -0.355 e. The fraction of sp³-hybridized carbons (Fsp3) is 0.278. The average molecular weight is 282 g/mol. The number of hydrogen-bond acceptors (Lipinski definition) is 2. The molecule has 2 N–H and O–H groups in total. The first kappa shape index (κ1) is 15.3. The van der Waals surface area contributed by atoms with Crippen molar-refractivity contribution in [2.24, 2.45) is 0 Å². The van der Waals surface area contributed by atoms with Crippen molar-refractivity contribution in [3.8, 4) is 11.1 Å². The first-order valence-corrected chi connectivity index (χ1v) is 7.41. The van der Waals surface area contributed by atoms with Crippen LogP contribution in [0.5, 0.6) is 0 Å². The quantitative estimate of drug-likeness (QED) is 0.767. The molecule has 21 heavy (non-hydrogen) atoms. The van der Waals surface area contributed by atoms with Crippen LogP contribution in [0.25, 0.3) is 11.1 Å². The first-order chi connectivity index (χ1) is 10.3. The third kappa shape index (κ3) is 5.04. The molecular weight excluding hydrogens is 260 g/mol. The fourth-order valence-corrected chi connectivity index (χ4v) is 2.16. The van der Waals surface area contributed by atoms with Crippen LogP contribution in [0.4, 0.5) is 0 Å². The van der Waals surface area contributed by atoms with Gasteiger partial charge in [-0.2, -0.15) is 0 Å². The highest BCUT2D eigenvalue weighted by Crippen LogP contribution is 2.19. The second kappa shape index (κ2) is 8.22. The van der Waals surface area contributed by atoms with Gasteiger partial charge in [0.1, 0.15) is 0 Å². The van der Waals surface area contributed by atoms with Crippen molar-refractivity contribution in [3.05, 3.63) is 60.2 Å². The van der Waals surface area contributed by atoms with Crippen LogP contribution in [0.15, 0.2) is 54.6 Å². The molecular formula is C18H22N2O. The second-order valence-corrected chi connectivity index (χ2v) is 4.94. The third-order valence-corrected chi connectivity index (χ3v) is 3.30. The summed E-state index contributed by atoms with van der Waals surface area (Å²) in [5.74, 6) is 0.0698. The Balaban J connectivity index is 1.86. The molecule has 2 aromatic rings. The number of carbonyl (C=O) groups is 1. The van der Waals surface area contributed by atoms with E-state index in [1.165, 1.54) is 11.1 Å². The Bertz CT molecular complexity index is 549. The minimum atomic E-state index is 0.0698. The maximum Gasteiger partial charge on any atom is 0.224 e. The Morgan fingerprint density at radius 1 is 0.905 bits per heavy atom. The first-order valence-electron chi connectivity index (χ1n) is 7.41. The molecule has 110 valence electrons. The van der Waals surface area contributed by atoms with Gasteiger partial charge in [-0.3, -0.25) is 4.79 Å². The minimum absolute atomic E-state index is 0.0698. The zero-order chi connectivity index (χ0) is 14.9. The van der Waals surface area contributed by atoms with Crippen molar-refractivity contribution < 1.29 is 4.79 Å². The summed E-state index contributed by atoms with van der Waals surface area (Å²) in [6.07, 6.45) is 0.432. The van der Waals surface area contributed by atoms with Crippen LogP contribution < -0.4 is 10.6 Å². The van der Waals surface area contributed by atoms with Crippen molar-refractivity contribution in [3.63, 3.8) is 0 Å². The standard InChI is InChI=1S/C18H22N2O/c1-2-19-12-13-20-18(21)14-15-8-10-17(11-9-15)16-6-4-3-5-7-16/h3-11,19H,2,12-14H2,1H3,(H,20,21). The second-order valence-electron chi connectivity index (χ2n) is 4.94. The van der Waals surface area contributed by atoms with E-state index >= 15 is 0 Å². The molecule has 0 unspecified atom stereocenters. The largest absolute Gasteiger partial charge is 0.355 e. The lowest BCUT2D eigenvalue weighted by atomic mass is 10.0. The van der Waals surface area contributed by atoms with Gasteiger partial charge < -0.3 is 10.6 Å². The maximum atomic E-state index is 11.8. The molecule has 2 aromatic carbocycles. The molecule has 0 bridgehead atoms. The Morgan fingerprint density at radius 3 is 2.24 bits per heavy atom. The summed E-state index contributed by atoms with van der Waals surface area (Å²) in [4.78, 5) is 11.8. The Labute approximate surface area is 126 Å². The van der Waals surface area contributed by atoms with E-state index in [-0.39, 0.29) is 5.91 Å². The van der Waals surface area contributed by atoms with E-state index in [1.54, 1.807) is 0 Å². The Kier molecular flexibility index (Phi) is 5.98. The van der Waals surface area contributed by atoms with Crippen LogP contribution >= 0.6 is 0 Å². The molecule has 3 nitrogen and oxygen atoms in total. The number of benzene rings is 2. The predicted molar refractivity (Wildman–Crippen MR) is 87.1 cm³/mol. The molecule has 0 aliphatic rings. The zero-order valence-electron chi connectivity index (χ0n) is 12.4. The van der Waals surface area contributed by atoms with Gasteiger partial charge >= 0.3 is 0 Å². The van der Waals surface area contributed by atoms with Crippen LogP contribution in [0, 0.1) is 0 Å². The summed E-state index contributed by atoms with van der Waals surface area (Å²) < 4.78 is 0. The number of likely N-dealkylation sites (N-methyl/N-ethyl adjacent to an activating group) is 1. The van der Waals surface area contributed by atoms with Gasteiger partial charge in [0.15, 0.2) is 0 Å². The highest BCUT2D eigenvalue weighted by Gasteiger charge is 2.03. The number of rotatable bonds is 7. The summed E-state index contributed by atoms with van der Waals surface area (Å²) >= 11 is 0. The molecule has 0 spiro atoms. The van der Waals surface area contributed by atoms with Gasteiger partial charge in [-0.1, -0.05) is 61.5 Å². The third-order valence-electron chi connectivity index (χ3n) is 3.30. The Morgan fingerprint density at radius 2 is 1.57 bits per heavy atom. The van der Waals surface area contributed by atoms with E-state index in [0.717, 1.165) is 18.7 Å². The van der Waals surface area contributed by atoms with Gasteiger partial charge in [0.2, 0.25) is 5.91 Å². The molecule has 1 amide bonds. The molecule has 0 aliphatic carbocycles. The molecule has 2 rings (SSSR count). The van der Waals surface area contributed by atoms with Crippen molar-refractivity contribution in [1.29, 1.82) is 0 Å². The summed E-state index contributed by atoms with van der Waals surface area (Å²) in [5.41, 5.74) is 3.40. The van der Waals surface area contributed by atoms with Crippen LogP contribution in [0.2, 0.25) is 0 Å². The average Bonchev–Trinajstić information content (AvgIpc) is 2.53. The fourth-order valence-electron chi connectivity index (χ4n) is 2.16. The van der Waals surface area contributed by atoms with Crippen LogP contribution in [0.3, 0.4) is 0 Å². The lowest BCUT2D eigenvalue weighted by Crippen LogP contribution is -2.32. The van der Waals surface area contributed by atoms with Gasteiger partial charge in [-0.15, -0.1) is 0 Å². The topological polar surface area (TPSA) is 41.1 Å². The lowest BCUT2D eigenvalue weighted by Gasteiger charge is -2.07. The molecule has 0 atom stereocenters. The van der Waals surface area contributed by atoms with Crippen LogP contribution in [-0.2, 0) is 11.2 Å². The van der Waals surface area contributed by atoms with Crippen molar-refractivity contribution in [2.45, 2.75) is 13.3 Å². The summed E-state index contributed by atoms with van der Waals surface area (Å²) in [6.45, 7) is 4.47. The highest BCUT2D eigenvalue weighted by molar-refractivity contribution is 5.78. The number of carbonyl (C=O) groups excluding carboxylic acids is 1. The zero-order valence-corrected chi connectivity index (χ0v) is 12.4. The van der Waals surface area contributed by atoms with Gasteiger partial charge in [-0.05, 0) is 23.2 Å². The smallest absolute Gasteiger partial charge is 0.224 e. The highest BCUT2D eigenvalue weighted by atomic mass is 16.1. The summed E-state index contributed by atoms with van der Waals surface area (Å²) in [5, 5.41) is 6.09. The monoisotopic (exact) mass is 282 g/mol. The molecule has 0 saturated heterocycles. The number of amides is 1. The molecule has 0 heterocycles. The summed E-state index contributed by atoms with van der Waals surface area (Å²) in [6, 6.07) is 18.4. The van der Waals surface area contributed by atoms with Crippen molar-refractivity contribution >= 4 is 5.91 Å². The van der Waals surface area contributed by atoms with E-state index in [4.69, 9.17) is 0 Å². The molecule has 0 aromatic heterocycles. The number of hydrogen-bond donors (Lipinski definition) is 2. The SMILES string of the molecule is CCNCCNC(=O)Cc1ccc(-c2ccccc2)cc1. The summed E-state index contributed by atoms with van der Waals surface area (Å²) in [7, 11) is 0. The van der Waals surface area contributed by atoms with E-state index in [2.05, 4.69) is 41.8 Å². The predicted octanol–water partition coefficient (Wildman–Crippen LogP) is 2.62. The van der Waals surface area contributed by atoms with E-state index < -0.39 is 0 Å². The van der Waals surface area contributed by atoms with Gasteiger partial charge in [0.05, 0.1) is 6.42 Å². The molecule has 3 heteroatoms. The van der Waals surface area contributed by atoms with E-state index in [1.807, 2.05) is 30.3 Å². The van der Waals surface area contributed by atoms with E-state index in [9.17, 15) is 4.79 Å². The normalized spacial score (nSPS) is 10.3. The molecule has 0 aliphatic heterocycles. The van der Waals surface area contributed by atoms with Gasteiger partial charge in [0.25, 0.3) is 0 Å². The molecule has 0 radical (unpaired) electrons. The number of nitrogens with one attached hydrogen (secondary N) is 2. The Hall–Kier alpha value is -2.13. The van der Waals surface area contributed by atoms with Crippen molar-refractivity contribution in [1.82, 2.24) is 10.6 Å². The van der Waals surface area contributed by atoms with Crippen LogP contribution in [-0.4, -0.2) is 25.5 Å².